The van der Waals surface area contributed by atoms with Crippen LogP contribution >= 0.6 is 0 Å². The first-order chi connectivity index (χ1) is 13.2. The minimum absolute atomic E-state index is 0.0509. The van der Waals surface area contributed by atoms with Crippen LogP contribution in [-0.4, -0.2) is 19.1 Å². The second-order valence-corrected chi connectivity index (χ2v) is 6.10. The second-order valence-electron chi connectivity index (χ2n) is 6.10. The molecular weight excluding hydrogens is 338 g/mol. The first kappa shape index (κ1) is 18.5. The molecule has 3 rings (SSSR count). The van der Waals surface area contributed by atoms with E-state index in [2.05, 4.69) is 24.4 Å². The van der Waals surface area contributed by atoms with Crippen molar-refractivity contribution in [3.8, 4) is 22.6 Å². The Balaban J connectivity index is 1.52. The second kappa shape index (κ2) is 9.43. The van der Waals surface area contributed by atoms with E-state index in [1.165, 1.54) is 0 Å². The normalized spacial score (nSPS) is 10.3. The van der Waals surface area contributed by atoms with Crippen molar-refractivity contribution in [3.05, 3.63) is 78.9 Å². The average molecular weight is 361 g/mol. The summed E-state index contributed by atoms with van der Waals surface area (Å²) in [5.74, 6) is 1.19. The standard InChI is InChI=1S/C23H23NO3/c1-2-15-26-22-10-6-9-20(16-22)24-23(25)17-27-21-13-11-19(12-14-21)18-7-4-3-5-8-18/h3-14,16H,2,15,17H2,1H3,(H,24,25). The van der Waals surface area contributed by atoms with Gasteiger partial charge in [0.1, 0.15) is 11.5 Å². The van der Waals surface area contributed by atoms with E-state index in [1.807, 2.05) is 66.7 Å². The van der Waals surface area contributed by atoms with Gasteiger partial charge in [0.2, 0.25) is 0 Å². The highest BCUT2D eigenvalue weighted by atomic mass is 16.5. The lowest BCUT2D eigenvalue weighted by Gasteiger charge is -2.10. The summed E-state index contributed by atoms with van der Waals surface area (Å²) in [4.78, 5) is 12.1. The molecule has 1 amide bonds. The molecule has 138 valence electrons. The summed E-state index contributed by atoms with van der Waals surface area (Å²) in [6.07, 6.45) is 0.938. The van der Waals surface area contributed by atoms with Gasteiger partial charge in [-0.05, 0) is 41.8 Å². The zero-order valence-corrected chi connectivity index (χ0v) is 15.4. The molecule has 0 saturated heterocycles. The van der Waals surface area contributed by atoms with Gasteiger partial charge < -0.3 is 14.8 Å². The number of ether oxygens (including phenoxy) is 2. The Kier molecular flexibility index (Phi) is 6.47. The lowest BCUT2D eigenvalue weighted by Crippen LogP contribution is -2.20. The van der Waals surface area contributed by atoms with Crippen LogP contribution in [0, 0.1) is 0 Å². The summed E-state index contributed by atoms with van der Waals surface area (Å²) in [7, 11) is 0. The molecule has 0 aliphatic rings. The number of carbonyl (C=O) groups excluding carboxylic acids is 1. The van der Waals surface area contributed by atoms with Crippen LogP contribution in [0.4, 0.5) is 5.69 Å². The van der Waals surface area contributed by atoms with E-state index in [0.29, 0.717) is 18.0 Å². The summed E-state index contributed by atoms with van der Waals surface area (Å²) >= 11 is 0. The van der Waals surface area contributed by atoms with Crippen LogP contribution in [0.25, 0.3) is 11.1 Å². The predicted molar refractivity (Wildman–Crippen MR) is 108 cm³/mol. The lowest BCUT2D eigenvalue weighted by atomic mass is 10.1. The summed E-state index contributed by atoms with van der Waals surface area (Å²) in [6, 6.07) is 25.2. The summed E-state index contributed by atoms with van der Waals surface area (Å²) in [5.41, 5.74) is 2.94. The van der Waals surface area contributed by atoms with E-state index in [-0.39, 0.29) is 12.5 Å². The Morgan fingerprint density at radius 3 is 2.30 bits per heavy atom. The molecule has 3 aromatic rings. The summed E-state index contributed by atoms with van der Waals surface area (Å²) < 4.78 is 11.2. The maximum Gasteiger partial charge on any atom is 0.262 e. The molecule has 3 aromatic carbocycles. The molecule has 0 radical (unpaired) electrons. The number of amides is 1. The van der Waals surface area contributed by atoms with Crippen LogP contribution in [-0.2, 0) is 4.79 Å². The van der Waals surface area contributed by atoms with Crippen molar-refractivity contribution in [1.29, 1.82) is 0 Å². The van der Waals surface area contributed by atoms with Crippen molar-refractivity contribution in [3.63, 3.8) is 0 Å². The van der Waals surface area contributed by atoms with E-state index in [0.717, 1.165) is 23.3 Å². The van der Waals surface area contributed by atoms with Gasteiger partial charge >= 0.3 is 0 Å². The minimum Gasteiger partial charge on any atom is -0.494 e. The molecule has 0 saturated carbocycles. The van der Waals surface area contributed by atoms with E-state index >= 15 is 0 Å². The molecule has 0 bridgehead atoms. The third-order valence-electron chi connectivity index (χ3n) is 3.92. The van der Waals surface area contributed by atoms with E-state index in [9.17, 15) is 4.79 Å². The van der Waals surface area contributed by atoms with Crippen LogP contribution in [0.1, 0.15) is 13.3 Å². The molecule has 4 heteroatoms. The fraction of sp³-hybridized carbons (Fsp3) is 0.174. The van der Waals surface area contributed by atoms with Gasteiger partial charge in [0, 0.05) is 11.8 Å². The zero-order chi connectivity index (χ0) is 18.9. The molecule has 0 heterocycles. The average Bonchev–Trinajstić information content (AvgIpc) is 2.72. The number of benzene rings is 3. The van der Waals surface area contributed by atoms with E-state index in [4.69, 9.17) is 9.47 Å². The van der Waals surface area contributed by atoms with Crippen molar-refractivity contribution in [2.24, 2.45) is 0 Å². The Hall–Kier alpha value is -3.27. The largest absolute Gasteiger partial charge is 0.494 e. The first-order valence-electron chi connectivity index (χ1n) is 9.05. The smallest absolute Gasteiger partial charge is 0.262 e. The Labute approximate surface area is 159 Å². The van der Waals surface area contributed by atoms with Crippen LogP contribution in [0.3, 0.4) is 0 Å². The topological polar surface area (TPSA) is 47.6 Å². The zero-order valence-electron chi connectivity index (χ0n) is 15.4. The van der Waals surface area contributed by atoms with Crippen LogP contribution in [0.2, 0.25) is 0 Å². The fourth-order valence-corrected chi connectivity index (χ4v) is 2.60. The van der Waals surface area contributed by atoms with E-state index in [1.54, 1.807) is 0 Å². The molecule has 0 aliphatic heterocycles. The van der Waals surface area contributed by atoms with Gasteiger partial charge in [-0.15, -0.1) is 0 Å². The van der Waals surface area contributed by atoms with Gasteiger partial charge in [-0.2, -0.15) is 0 Å². The third-order valence-corrected chi connectivity index (χ3v) is 3.92. The van der Waals surface area contributed by atoms with Gasteiger partial charge in [0.05, 0.1) is 6.61 Å². The third kappa shape index (κ3) is 5.61. The van der Waals surface area contributed by atoms with Gasteiger partial charge in [-0.25, -0.2) is 0 Å². The monoisotopic (exact) mass is 361 g/mol. The van der Waals surface area contributed by atoms with Crippen LogP contribution in [0.15, 0.2) is 78.9 Å². The highest BCUT2D eigenvalue weighted by molar-refractivity contribution is 5.92. The maximum absolute atomic E-state index is 12.1. The van der Waals surface area contributed by atoms with Crippen molar-refractivity contribution in [1.82, 2.24) is 0 Å². The predicted octanol–water partition coefficient (Wildman–Crippen LogP) is 5.16. The van der Waals surface area contributed by atoms with Crippen molar-refractivity contribution in [2.45, 2.75) is 13.3 Å². The fourth-order valence-electron chi connectivity index (χ4n) is 2.60. The molecular formula is C23H23NO3. The Morgan fingerprint density at radius 1 is 0.815 bits per heavy atom. The number of rotatable bonds is 8. The van der Waals surface area contributed by atoms with Gasteiger partial charge in [0.15, 0.2) is 6.61 Å². The van der Waals surface area contributed by atoms with Gasteiger partial charge in [-0.3, -0.25) is 4.79 Å². The summed E-state index contributed by atoms with van der Waals surface area (Å²) in [5, 5.41) is 2.82. The molecule has 0 aliphatic carbocycles. The number of nitrogens with one attached hydrogen (secondary N) is 1. The number of hydrogen-bond donors (Lipinski definition) is 1. The number of anilines is 1. The quantitative estimate of drug-likeness (QED) is 0.603. The molecule has 4 nitrogen and oxygen atoms in total. The maximum atomic E-state index is 12.1. The molecule has 0 spiro atoms. The molecule has 1 N–H and O–H groups in total. The van der Waals surface area contributed by atoms with Crippen molar-refractivity contribution < 1.29 is 14.3 Å². The summed E-state index contributed by atoms with van der Waals surface area (Å²) in [6.45, 7) is 2.65. The van der Waals surface area contributed by atoms with Crippen LogP contribution in [0.5, 0.6) is 11.5 Å². The SMILES string of the molecule is CCCOc1cccc(NC(=O)COc2ccc(-c3ccccc3)cc2)c1. The Morgan fingerprint density at radius 2 is 1.56 bits per heavy atom. The van der Waals surface area contributed by atoms with E-state index < -0.39 is 0 Å². The molecule has 0 aromatic heterocycles. The number of carbonyl (C=O) groups is 1. The lowest BCUT2D eigenvalue weighted by molar-refractivity contribution is -0.118. The van der Waals surface area contributed by atoms with Crippen LogP contribution < -0.4 is 14.8 Å². The van der Waals surface area contributed by atoms with Gasteiger partial charge in [-0.1, -0.05) is 55.5 Å². The molecule has 0 unspecified atom stereocenters. The highest BCUT2D eigenvalue weighted by Gasteiger charge is 2.05. The van der Waals surface area contributed by atoms with Crippen molar-refractivity contribution in [2.75, 3.05) is 18.5 Å². The first-order valence-corrected chi connectivity index (χ1v) is 9.05. The number of hydrogen-bond acceptors (Lipinski definition) is 3. The van der Waals surface area contributed by atoms with Gasteiger partial charge in [0.25, 0.3) is 5.91 Å². The molecule has 0 atom stereocenters. The highest BCUT2D eigenvalue weighted by Crippen LogP contribution is 2.22. The minimum atomic E-state index is -0.213. The molecule has 0 fully saturated rings. The molecule has 27 heavy (non-hydrogen) atoms. The van der Waals surface area contributed by atoms with Crippen molar-refractivity contribution >= 4 is 11.6 Å². The Bertz CT molecular complexity index is 860.